The lowest BCUT2D eigenvalue weighted by molar-refractivity contribution is -0.148. The summed E-state index contributed by atoms with van der Waals surface area (Å²) in [6.45, 7) is 0. The fraction of sp³-hybridized carbons (Fsp3) is 0.500. The van der Waals surface area contributed by atoms with Crippen molar-refractivity contribution in [3.8, 4) is 0 Å². The minimum atomic E-state index is -1.08. The van der Waals surface area contributed by atoms with Gasteiger partial charge in [0.15, 0.2) is 5.78 Å². The zero-order chi connectivity index (χ0) is 13.5. The summed E-state index contributed by atoms with van der Waals surface area (Å²) in [5.74, 6) is 0.0597. The van der Waals surface area contributed by atoms with Gasteiger partial charge >= 0.3 is 0 Å². The third-order valence-electron chi connectivity index (χ3n) is 4.74. The van der Waals surface area contributed by atoms with Crippen molar-refractivity contribution in [2.24, 2.45) is 5.41 Å². The van der Waals surface area contributed by atoms with Gasteiger partial charge in [-0.3, -0.25) is 9.59 Å². The van der Waals surface area contributed by atoms with Gasteiger partial charge < -0.3 is 5.11 Å². The third kappa shape index (κ3) is 1.93. The van der Waals surface area contributed by atoms with Gasteiger partial charge in [-0.15, -0.1) is 0 Å². The minimum Gasteiger partial charge on any atom is -0.384 e. The monoisotopic (exact) mass is 258 g/mol. The Labute approximate surface area is 112 Å². The molecular weight excluding hydrogens is 240 g/mol. The standard InChI is InChI=1S/C16H18O3/c17-13-7-4-8-16(15(13)19)10-12(9-14(16)18)11-5-2-1-3-6-11/h1-3,5-6,12,15,19H,4,7-10H2/t12-,15+,16-/m0/s1. The molecule has 19 heavy (non-hydrogen) atoms. The first-order valence-electron chi connectivity index (χ1n) is 6.92. The van der Waals surface area contributed by atoms with Crippen LogP contribution in [-0.4, -0.2) is 22.8 Å². The molecule has 0 bridgehead atoms. The Bertz CT molecular complexity index is 508. The molecule has 3 atom stereocenters. The molecule has 2 aliphatic carbocycles. The average molecular weight is 258 g/mol. The van der Waals surface area contributed by atoms with Crippen LogP contribution >= 0.6 is 0 Å². The summed E-state index contributed by atoms with van der Waals surface area (Å²) in [6, 6.07) is 9.93. The highest BCUT2D eigenvalue weighted by Gasteiger charge is 2.54. The van der Waals surface area contributed by atoms with Crippen molar-refractivity contribution >= 4 is 11.6 Å². The molecule has 2 fully saturated rings. The highest BCUT2D eigenvalue weighted by Crippen LogP contribution is 2.51. The van der Waals surface area contributed by atoms with E-state index in [1.807, 2.05) is 30.3 Å². The molecule has 3 rings (SSSR count). The third-order valence-corrected chi connectivity index (χ3v) is 4.74. The van der Waals surface area contributed by atoms with Crippen molar-refractivity contribution in [1.82, 2.24) is 0 Å². The number of Topliss-reactive ketones (excluding diaryl/α,β-unsaturated/α-hetero) is 2. The molecule has 0 unspecified atom stereocenters. The molecule has 0 amide bonds. The maximum Gasteiger partial charge on any atom is 0.162 e. The summed E-state index contributed by atoms with van der Waals surface area (Å²) in [5, 5.41) is 10.2. The molecule has 1 aromatic carbocycles. The van der Waals surface area contributed by atoms with Crippen LogP contribution in [0.1, 0.15) is 43.6 Å². The van der Waals surface area contributed by atoms with Crippen molar-refractivity contribution in [1.29, 1.82) is 0 Å². The first kappa shape index (κ1) is 12.5. The van der Waals surface area contributed by atoms with Gasteiger partial charge in [-0.25, -0.2) is 0 Å². The fourth-order valence-electron chi connectivity index (χ4n) is 3.68. The summed E-state index contributed by atoms with van der Waals surface area (Å²) >= 11 is 0. The lowest BCUT2D eigenvalue weighted by Crippen LogP contribution is -2.47. The molecule has 2 aliphatic rings. The van der Waals surface area contributed by atoms with E-state index in [-0.39, 0.29) is 17.5 Å². The predicted octanol–water partition coefficient (Wildman–Crippen LogP) is 2.23. The van der Waals surface area contributed by atoms with E-state index >= 15 is 0 Å². The van der Waals surface area contributed by atoms with E-state index in [1.165, 1.54) is 0 Å². The molecule has 1 aromatic rings. The van der Waals surface area contributed by atoms with E-state index in [2.05, 4.69) is 0 Å². The second-order valence-electron chi connectivity index (χ2n) is 5.82. The van der Waals surface area contributed by atoms with Crippen LogP contribution in [0.2, 0.25) is 0 Å². The average Bonchev–Trinajstić information content (AvgIpc) is 2.75. The molecule has 2 saturated carbocycles. The Kier molecular flexibility index (Phi) is 3.02. The second-order valence-corrected chi connectivity index (χ2v) is 5.82. The largest absolute Gasteiger partial charge is 0.384 e. The van der Waals surface area contributed by atoms with Crippen molar-refractivity contribution in [3.05, 3.63) is 35.9 Å². The Hall–Kier alpha value is -1.48. The number of carbonyl (C=O) groups is 2. The van der Waals surface area contributed by atoms with Crippen molar-refractivity contribution < 1.29 is 14.7 Å². The lowest BCUT2D eigenvalue weighted by Gasteiger charge is -2.35. The Morgan fingerprint density at radius 2 is 1.89 bits per heavy atom. The van der Waals surface area contributed by atoms with E-state index in [0.717, 1.165) is 12.0 Å². The molecule has 1 spiro atoms. The normalized spacial score (nSPS) is 35.0. The first-order chi connectivity index (χ1) is 9.13. The van der Waals surface area contributed by atoms with E-state index in [1.54, 1.807) is 0 Å². The van der Waals surface area contributed by atoms with E-state index < -0.39 is 11.5 Å². The number of benzene rings is 1. The van der Waals surface area contributed by atoms with Crippen LogP contribution in [0.4, 0.5) is 0 Å². The highest BCUT2D eigenvalue weighted by atomic mass is 16.3. The van der Waals surface area contributed by atoms with Gasteiger partial charge in [0.25, 0.3) is 0 Å². The number of rotatable bonds is 1. The summed E-state index contributed by atoms with van der Waals surface area (Å²) < 4.78 is 0. The Balaban J connectivity index is 1.89. The van der Waals surface area contributed by atoms with Crippen LogP contribution in [0.3, 0.4) is 0 Å². The smallest absolute Gasteiger partial charge is 0.162 e. The van der Waals surface area contributed by atoms with Crippen LogP contribution in [0.15, 0.2) is 30.3 Å². The zero-order valence-corrected chi connectivity index (χ0v) is 10.8. The molecule has 0 saturated heterocycles. The minimum absolute atomic E-state index is 0.0712. The maximum absolute atomic E-state index is 12.4. The highest BCUT2D eigenvalue weighted by molar-refractivity contribution is 5.97. The van der Waals surface area contributed by atoms with Crippen molar-refractivity contribution in [3.63, 3.8) is 0 Å². The lowest BCUT2D eigenvalue weighted by atomic mass is 9.69. The van der Waals surface area contributed by atoms with Crippen LogP contribution < -0.4 is 0 Å². The SMILES string of the molecule is O=C1CCC[C@@]2(C[C@@H](c3ccccc3)CC2=O)[C@@H]1O. The van der Waals surface area contributed by atoms with Crippen LogP contribution in [0.25, 0.3) is 0 Å². The quantitative estimate of drug-likeness (QED) is 0.840. The van der Waals surface area contributed by atoms with Gasteiger partial charge in [-0.2, -0.15) is 0 Å². The second kappa shape index (κ2) is 4.57. The Morgan fingerprint density at radius 1 is 1.16 bits per heavy atom. The summed E-state index contributed by atoms with van der Waals surface area (Å²) in [7, 11) is 0. The molecule has 0 heterocycles. The topological polar surface area (TPSA) is 54.4 Å². The molecule has 1 N–H and O–H groups in total. The van der Waals surface area contributed by atoms with Gasteiger partial charge in [0.1, 0.15) is 11.9 Å². The molecule has 0 aromatic heterocycles. The first-order valence-corrected chi connectivity index (χ1v) is 6.92. The van der Waals surface area contributed by atoms with Gasteiger partial charge in [0.2, 0.25) is 0 Å². The van der Waals surface area contributed by atoms with Crippen LogP contribution in [-0.2, 0) is 9.59 Å². The van der Waals surface area contributed by atoms with Crippen LogP contribution in [0.5, 0.6) is 0 Å². The number of aliphatic hydroxyl groups excluding tert-OH is 1. The summed E-state index contributed by atoms with van der Waals surface area (Å²) in [4.78, 5) is 24.1. The number of aliphatic hydroxyl groups is 1. The Morgan fingerprint density at radius 3 is 2.63 bits per heavy atom. The van der Waals surface area contributed by atoms with E-state index in [9.17, 15) is 14.7 Å². The number of hydrogen-bond donors (Lipinski definition) is 1. The van der Waals surface area contributed by atoms with Gasteiger partial charge in [-0.05, 0) is 30.7 Å². The molecule has 3 nitrogen and oxygen atoms in total. The van der Waals surface area contributed by atoms with E-state index in [0.29, 0.717) is 25.7 Å². The fourth-order valence-corrected chi connectivity index (χ4v) is 3.68. The molecule has 3 heteroatoms. The van der Waals surface area contributed by atoms with Gasteiger partial charge in [0, 0.05) is 12.8 Å². The van der Waals surface area contributed by atoms with Crippen molar-refractivity contribution in [2.75, 3.05) is 0 Å². The summed E-state index contributed by atoms with van der Waals surface area (Å²) in [6.07, 6.45) is 1.77. The molecule has 0 aliphatic heterocycles. The maximum atomic E-state index is 12.4. The number of carbonyl (C=O) groups excluding carboxylic acids is 2. The number of hydrogen-bond acceptors (Lipinski definition) is 3. The predicted molar refractivity (Wildman–Crippen MR) is 70.7 cm³/mol. The van der Waals surface area contributed by atoms with E-state index in [4.69, 9.17) is 0 Å². The molecule has 0 radical (unpaired) electrons. The summed E-state index contributed by atoms with van der Waals surface area (Å²) in [5.41, 5.74) is 0.341. The van der Waals surface area contributed by atoms with Crippen LogP contribution in [0, 0.1) is 5.41 Å². The zero-order valence-electron chi connectivity index (χ0n) is 10.8. The molecular formula is C16H18O3. The molecule has 100 valence electrons. The van der Waals surface area contributed by atoms with Gasteiger partial charge in [0.05, 0.1) is 5.41 Å². The van der Waals surface area contributed by atoms with Gasteiger partial charge in [-0.1, -0.05) is 30.3 Å². The number of ketones is 2. The van der Waals surface area contributed by atoms with Crippen molar-refractivity contribution in [2.45, 2.75) is 44.1 Å².